The monoisotopic (exact) mass is 228 g/mol. The van der Waals surface area contributed by atoms with E-state index < -0.39 is 0 Å². The Morgan fingerprint density at radius 3 is 3.00 bits per heavy atom. The fraction of sp³-hybridized carbons (Fsp3) is 0.143. The van der Waals surface area contributed by atoms with Crippen molar-refractivity contribution in [1.29, 1.82) is 0 Å². The van der Waals surface area contributed by atoms with Crippen molar-refractivity contribution in [2.45, 2.75) is 13.3 Å². The molecule has 3 aromatic rings. The minimum absolute atomic E-state index is 0.952. The molecule has 0 N–H and O–H groups in total. The summed E-state index contributed by atoms with van der Waals surface area (Å²) in [5.41, 5.74) is 4.86. The lowest BCUT2D eigenvalue weighted by atomic mass is 10.0. The van der Waals surface area contributed by atoms with Gasteiger partial charge in [0.05, 0.1) is 6.26 Å². The molecule has 0 aliphatic heterocycles. The Balaban J connectivity index is 2.10. The van der Waals surface area contributed by atoms with Crippen LogP contribution in [0.3, 0.4) is 0 Å². The van der Waals surface area contributed by atoms with E-state index in [0.717, 1.165) is 12.0 Å². The van der Waals surface area contributed by atoms with E-state index in [-0.39, 0.29) is 0 Å². The third kappa shape index (κ3) is 1.55. The van der Waals surface area contributed by atoms with Crippen LogP contribution >= 0.6 is 11.3 Å². The Labute approximate surface area is 98.3 Å². The molecule has 0 unspecified atom stereocenters. The number of thiophene rings is 1. The molecule has 0 saturated heterocycles. The fourth-order valence-electron chi connectivity index (χ4n) is 2.00. The molecule has 2 heteroatoms. The highest BCUT2D eigenvalue weighted by Gasteiger charge is 2.07. The summed E-state index contributed by atoms with van der Waals surface area (Å²) in [5, 5.41) is 5.53. The molecule has 0 aliphatic carbocycles. The van der Waals surface area contributed by atoms with E-state index in [0.29, 0.717) is 0 Å². The summed E-state index contributed by atoms with van der Waals surface area (Å²) in [7, 11) is 0. The summed E-state index contributed by atoms with van der Waals surface area (Å²) in [6.07, 6.45) is 2.79. The van der Waals surface area contributed by atoms with E-state index in [9.17, 15) is 0 Å². The highest BCUT2D eigenvalue weighted by atomic mass is 32.1. The highest BCUT2D eigenvalue weighted by molar-refractivity contribution is 7.07. The number of hydrogen-bond donors (Lipinski definition) is 0. The average molecular weight is 228 g/mol. The van der Waals surface area contributed by atoms with Crippen LogP contribution in [-0.2, 0) is 6.42 Å². The summed E-state index contributed by atoms with van der Waals surface area (Å²) in [5.74, 6) is 0. The van der Waals surface area contributed by atoms with Crippen molar-refractivity contribution in [3.63, 3.8) is 0 Å². The minimum atomic E-state index is 0.952. The lowest BCUT2D eigenvalue weighted by Gasteiger charge is -2.00. The van der Waals surface area contributed by atoms with Crippen LogP contribution in [0, 0.1) is 6.92 Å². The molecule has 0 amide bonds. The number of furan rings is 1. The van der Waals surface area contributed by atoms with Gasteiger partial charge >= 0.3 is 0 Å². The van der Waals surface area contributed by atoms with Crippen molar-refractivity contribution in [3.8, 4) is 0 Å². The number of benzene rings is 1. The Kier molecular flexibility index (Phi) is 2.29. The summed E-state index contributed by atoms with van der Waals surface area (Å²) in [4.78, 5) is 0. The van der Waals surface area contributed by atoms with Gasteiger partial charge in [0.1, 0.15) is 5.58 Å². The number of rotatable bonds is 2. The zero-order valence-electron chi connectivity index (χ0n) is 9.07. The number of hydrogen-bond acceptors (Lipinski definition) is 2. The van der Waals surface area contributed by atoms with Gasteiger partial charge in [0, 0.05) is 11.8 Å². The minimum Gasteiger partial charge on any atom is -0.464 e. The SMILES string of the molecule is Cc1coc2c(Cc3ccsc3)cccc12. The number of fused-ring (bicyclic) bond motifs is 1. The largest absolute Gasteiger partial charge is 0.464 e. The van der Waals surface area contributed by atoms with Crippen LogP contribution in [0.2, 0.25) is 0 Å². The van der Waals surface area contributed by atoms with Gasteiger partial charge in [-0.25, -0.2) is 0 Å². The van der Waals surface area contributed by atoms with Crippen LogP contribution in [0.5, 0.6) is 0 Å². The van der Waals surface area contributed by atoms with Gasteiger partial charge in [-0.3, -0.25) is 0 Å². The van der Waals surface area contributed by atoms with Crippen molar-refractivity contribution in [3.05, 3.63) is 58.0 Å². The van der Waals surface area contributed by atoms with Gasteiger partial charge in [-0.15, -0.1) is 0 Å². The molecule has 1 aromatic carbocycles. The van der Waals surface area contributed by atoms with Crippen molar-refractivity contribution < 1.29 is 4.42 Å². The van der Waals surface area contributed by atoms with Crippen molar-refractivity contribution >= 4 is 22.3 Å². The maximum atomic E-state index is 5.63. The Morgan fingerprint density at radius 2 is 2.19 bits per heavy atom. The van der Waals surface area contributed by atoms with Gasteiger partial charge in [0.2, 0.25) is 0 Å². The standard InChI is InChI=1S/C14H12OS/c1-10-8-15-14-12(3-2-4-13(10)14)7-11-5-6-16-9-11/h2-6,8-9H,7H2,1H3. The summed E-state index contributed by atoms with van der Waals surface area (Å²) >= 11 is 1.74. The van der Waals surface area contributed by atoms with Crippen LogP contribution in [0.25, 0.3) is 11.0 Å². The van der Waals surface area contributed by atoms with Gasteiger partial charge in [-0.1, -0.05) is 18.2 Å². The van der Waals surface area contributed by atoms with Crippen LogP contribution in [-0.4, -0.2) is 0 Å². The first-order chi connectivity index (χ1) is 7.84. The Hall–Kier alpha value is -1.54. The summed E-state index contributed by atoms with van der Waals surface area (Å²) in [6, 6.07) is 8.53. The molecule has 0 atom stereocenters. The van der Waals surface area contributed by atoms with E-state index >= 15 is 0 Å². The van der Waals surface area contributed by atoms with E-state index in [1.165, 1.54) is 22.1 Å². The average Bonchev–Trinajstić information content (AvgIpc) is 2.90. The first-order valence-electron chi connectivity index (χ1n) is 5.31. The molecule has 0 bridgehead atoms. The quantitative estimate of drug-likeness (QED) is 0.634. The molecule has 0 spiro atoms. The Bertz CT molecular complexity index is 605. The molecule has 0 radical (unpaired) electrons. The third-order valence-corrected chi connectivity index (χ3v) is 3.58. The molecular formula is C14H12OS. The second-order valence-corrected chi connectivity index (χ2v) is 4.80. The Morgan fingerprint density at radius 1 is 1.25 bits per heavy atom. The first-order valence-corrected chi connectivity index (χ1v) is 6.25. The molecule has 0 fully saturated rings. The van der Waals surface area contributed by atoms with Gasteiger partial charge in [-0.05, 0) is 40.4 Å². The molecular weight excluding hydrogens is 216 g/mol. The zero-order valence-corrected chi connectivity index (χ0v) is 9.88. The molecule has 0 aliphatic rings. The molecule has 0 saturated carbocycles. The smallest absolute Gasteiger partial charge is 0.137 e. The number of aryl methyl sites for hydroxylation is 1. The summed E-state index contributed by atoms with van der Waals surface area (Å²) in [6.45, 7) is 2.08. The van der Waals surface area contributed by atoms with E-state index in [1.807, 2.05) is 6.26 Å². The van der Waals surface area contributed by atoms with Gasteiger partial charge in [0.15, 0.2) is 0 Å². The highest BCUT2D eigenvalue weighted by Crippen LogP contribution is 2.26. The van der Waals surface area contributed by atoms with E-state index in [4.69, 9.17) is 4.42 Å². The van der Waals surface area contributed by atoms with E-state index in [1.54, 1.807) is 11.3 Å². The second-order valence-electron chi connectivity index (χ2n) is 4.02. The molecule has 80 valence electrons. The fourth-order valence-corrected chi connectivity index (χ4v) is 2.67. The van der Waals surface area contributed by atoms with Gasteiger partial charge in [0.25, 0.3) is 0 Å². The zero-order chi connectivity index (χ0) is 11.0. The van der Waals surface area contributed by atoms with E-state index in [2.05, 4.69) is 41.9 Å². The lowest BCUT2D eigenvalue weighted by molar-refractivity contribution is 0.609. The lowest BCUT2D eigenvalue weighted by Crippen LogP contribution is -1.85. The maximum Gasteiger partial charge on any atom is 0.137 e. The second kappa shape index (κ2) is 3.80. The molecule has 3 rings (SSSR count). The number of para-hydroxylation sites is 1. The van der Waals surface area contributed by atoms with Crippen LogP contribution in [0.1, 0.15) is 16.7 Å². The normalized spacial score (nSPS) is 11.1. The van der Waals surface area contributed by atoms with Gasteiger partial charge < -0.3 is 4.42 Å². The summed E-state index contributed by atoms with van der Waals surface area (Å²) < 4.78 is 5.63. The van der Waals surface area contributed by atoms with Crippen LogP contribution in [0.15, 0.2) is 45.7 Å². The molecule has 2 heterocycles. The maximum absolute atomic E-state index is 5.63. The van der Waals surface area contributed by atoms with Crippen LogP contribution < -0.4 is 0 Å². The van der Waals surface area contributed by atoms with Crippen molar-refractivity contribution in [1.82, 2.24) is 0 Å². The molecule has 16 heavy (non-hydrogen) atoms. The van der Waals surface area contributed by atoms with Crippen molar-refractivity contribution in [2.75, 3.05) is 0 Å². The predicted molar refractivity (Wildman–Crippen MR) is 68.1 cm³/mol. The van der Waals surface area contributed by atoms with Crippen molar-refractivity contribution in [2.24, 2.45) is 0 Å². The first kappa shape index (κ1) is 9.67. The van der Waals surface area contributed by atoms with Crippen LogP contribution in [0.4, 0.5) is 0 Å². The van der Waals surface area contributed by atoms with Gasteiger partial charge in [-0.2, -0.15) is 11.3 Å². The molecule has 1 nitrogen and oxygen atoms in total. The third-order valence-electron chi connectivity index (χ3n) is 2.85. The topological polar surface area (TPSA) is 13.1 Å². The molecule has 2 aromatic heterocycles. The predicted octanol–water partition coefficient (Wildman–Crippen LogP) is 4.39.